The number of hydrogen-bond donors (Lipinski definition) is 3. The summed E-state index contributed by atoms with van der Waals surface area (Å²) in [5.41, 5.74) is 0. The third kappa shape index (κ3) is 15.6. The summed E-state index contributed by atoms with van der Waals surface area (Å²) in [6, 6.07) is 0. The first-order valence-electron chi connectivity index (χ1n) is 10.6. The molecule has 0 aromatic rings. The van der Waals surface area contributed by atoms with E-state index in [9.17, 15) is 15.0 Å². The molecule has 0 spiro atoms. The van der Waals surface area contributed by atoms with Crippen molar-refractivity contribution in [2.75, 3.05) is 34.3 Å². The molecule has 0 aliphatic rings. The Balaban J connectivity index is 3.61. The number of carboxylic acids is 1. The largest absolute Gasteiger partial charge is 0.481 e. The number of nitrogens with zero attached hydrogens (tertiary/aromatic N) is 1. The second kappa shape index (κ2) is 15.4. The number of rotatable bonds is 18. The molecule has 0 saturated heterocycles. The van der Waals surface area contributed by atoms with E-state index >= 15 is 0 Å². The quantitative estimate of drug-likeness (QED) is 0.252. The van der Waals surface area contributed by atoms with Crippen molar-refractivity contribution in [1.29, 1.82) is 0 Å². The van der Waals surface area contributed by atoms with Gasteiger partial charge in [-0.15, -0.1) is 0 Å². The first-order valence-corrected chi connectivity index (χ1v) is 10.6. The number of carbonyl (C=O) groups is 1. The van der Waals surface area contributed by atoms with Gasteiger partial charge in [0.25, 0.3) is 0 Å². The first kappa shape index (κ1) is 25.4. The molecule has 156 valence electrons. The number of aliphatic hydroxyl groups is 2. The van der Waals surface area contributed by atoms with E-state index < -0.39 is 18.0 Å². The van der Waals surface area contributed by atoms with Gasteiger partial charge >= 0.3 is 5.97 Å². The standard InChI is InChI=1S/C21H43NO4/c1-22(2,3)18-20(24)19(21(25)26)16-14-12-10-8-6-4-5-7-9-11-13-15-17-23/h19-20,23-24H,4-18H2,1-3H3/p+1. The van der Waals surface area contributed by atoms with E-state index in [1.54, 1.807) is 0 Å². The van der Waals surface area contributed by atoms with Crippen LogP contribution in [0.15, 0.2) is 0 Å². The van der Waals surface area contributed by atoms with Crippen molar-refractivity contribution in [1.82, 2.24) is 0 Å². The molecule has 0 aliphatic carbocycles. The minimum Gasteiger partial charge on any atom is -0.481 e. The molecule has 5 nitrogen and oxygen atoms in total. The monoisotopic (exact) mass is 374 g/mol. The van der Waals surface area contributed by atoms with E-state index in [4.69, 9.17) is 5.11 Å². The van der Waals surface area contributed by atoms with Crippen LogP contribution in [0.1, 0.15) is 83.5 Å². The van der Waals surface area contributed by atoms with E-state index in [0.29, 0.717) is 24.1 Å². The van der Waals surface area contributed by atoms with Crippen molar-refractivity contribution >= 4 is 5.97 Å². The number of aliphatic hydroxyl groups excluding tert-OH is 2. The lowest BCUT2D eigenvalue weighted by Crippen LogP contribution is -2.45. The van der Waals surface area contributed by atoms with E-state index in [1.807, 2.05) is 21.1 Å². The van der Waals surface area contributed by atoms with Gasteiger partial charge in [0.05, 0.1) is 27.1 Å². The number of aliphatic carboxylic acids is 1. The van der Waals surface area contributed by atoms with Crippen molar-refractivity contribution in [2.24, 2.45) is 5.92 Å². The van der Waals surface area contributed by atoms with Crippen LogP contribution in [-0.4, -0.2) is 66.2 Å². The van der Waals surface area contributed by atoms with Gasteiger partial charge in [0, 0.05) is 6.61 Å². The summed E-state index contributed by atoms with van der Waals surface area (Å²) >= 11 is 0. The average molecular weight is 375 g/mol. The topological polar surface area (TPSA) is 77.8 Å². The minimum atomic E-state index is -0.870. The number of carboxylic acid groups (broad SMARTS) is 1. The second-order valence-electron chi connectivity index (χ2n) is 8.74. The summed E-state index contributed by atoms with van der Waals surface area (Å²) in [7, 11) is 5.91. The van der Waals surface area contributed by atoms with Gasteiger partial charge in [-0.1, -0.05) is 70.6 Å². The van der Waals surface area contributed by atoms with Crippen LogP contribution in [0.4, 0.5) is 0 Å². The van der Waals surface area contributed by atoms with Crippen LogP contribution in [0.2, 0.25) is 0 Å². The fraction of sp³-hybridized carbons (Fsp3) is 0.952. The van der Waals surface area contributed by atoms with Crippen LogP contribution in [0, 0.1) is 5.92 Å². The molecule has 0 aromatic carbocycles. The van der Waals surface area contributed by atoms with Crippen molar-refractivity contribution < 1.29 is 24.6 Å². The Labute approximate surface area is 161 Å². The summed E-state index contributed by atoms with van der Waals surface area (Å²) in [4.78, 5) is 11.4. The molecule has 26 heavy (non-hydrogen) atoms. The van der Waals surface area contributed by atoms with Gasteiger partial charge in [-0.05, 0) is 12.8 Å². The maximum atomic E-state index is 11.4. The average Bonchev–Trinajstić information content (AvgIpc) is 2.53. The Morgan fingerprint density at radius 3 is 1.50 bits per heavy atom. The summed E-state index contributed by atoms with van der Waals surface area (Å²) in [5, 5.41) is 28.3. The van der Waals surface area contributed by atoms with E-state index in [-0.39, 0.29) is 0 Å². The SMILES string of the molecule is C[N+](C)(C)CC(O)C(CCCCCCCCCCCCCCO)C(=O)O. The molecule has 0 radical (unpaired) electrons. The Kier molecular flexibility index (Phi) is 15.0. The fourth-order valence-electron chi connectivity index (χ4n) is 3.41. The summed E-state index contributed by atoms with van der Waals surface area (Å²) in [6.45, 7) is 0.791. The molecule has 0 rings (SSSR count). The van der Waals surface area contributed by atoms with Crippen LogP contribution in [0.5, 0.6) is 0 Å². The van der Waals surface area contributed by atoms with Gasteiger partial charge in [-0.25, -0.2) is 0 Å². The van der Waals surface area contributed by atoms with Gasteiger partial charge in [0.2, 0.25) is 0 Å². The maximum Gasteiger partial charge on any atom is 0.309 e. The predicted molar refractivity (Wildman–Crippen MR) is 107 cm³/mol. The molecule has 0 amide bonds. The maximum absolute atomic E-state index is 11.4. The van der Waals surface area contributed by atoms with Crippen LogP contribution >= 0.6 is 0 Å². The zero-order valence-electron chi connectivity index (χ0n) is 17.5. The van der Waals surface area contributed by atoms with Gasteiger partial charge < -0.3 is 19.8 Å². The molecule has 0 fully saturated rings. The minimum absolute atomic E-state index is 0.321. The third-order valence-electron chi connectivity index (χ3n) is 4.94. The van der Waals surface area contributed by atoms with Crippen molar-refractivity contribution in [3.63, 3.8) is 0 Å². The van der Waals surface area contributed by atoms with E-state index in [0.717, 1.165) is 32.1 Å². The Morgan fingerprint density at radius 1 is 0.769 bits per heavy atom. The zero-order valence-corrected chi connectivity index (χ0v) is 17.5. The van der Waals surface area contributed by atoms with Crippen molar-refractivity contribution in [3.05, 3.63) is 0 Å². The molecule has 0 aromatic heterocycles. The van der Waals surface area contributed by atoms with Crippen LogP contribution < -0.4 is 0 Å². The molecule has 0 bridgehead atoms. The Hall–Kier alpha value is -0.650. The van der Waals surface area contributed by atoms with Gasteiger partial charge in [-0.3, -0.25) is 4.79 Å². The normalized spacial score (nSPS) is 14.3. The number of quaternary nitrogens is 1. The number of likely N-dealkylation sites (N-methyl/N-ethyl adjacent to an activating group) is 1. The lowest BCUT2D eigenvalue weighted by molar-refractivity contribution is -0.874. The molecule has 3 N–H and O–H groups in total. The molecule has 2 atom stereocenters. The summed E-state index contributed by atoms with van der Waals surface area (Å²) < 4.78 is 0.576. The number of unbranched alkanes of at least 4 members (excludes halogenated alkanes) is 11. The Morgan fingerprint density at radius 2 is 1.15 bits per heavy atom. The van der Waals surface area contributed by atoms with Crippen molar-refractivity contribution in [2.45, 2.75) is 89.6 Å². The smallest absolute Gasteiger partial charge is 0.309 e. The lowest BCUT2D eigenvalue weighted by Gasteiger charge is -2.29. The summed E-state index contributed by atoms with van der Waals surface area (Å²) in [5.74, 6) is -1.51. The number of hydrogen-bond acceptors (Lipinski definition) is 3. The predicted octanol–water partition coefficient (Wildman–Crippen LogP) is 3.82. The summed E-state index contributed by atoms with van der Waals surface area (Å²) in [6.07, 6.45) is 13.9. The highest BCUT2D eigenvalue weighted by atomic mass is 16.4. The first-order chi connectivity index (χ1) is 12.3. The molecule has 0 heterocycles. The molecular weight excluding hydrogens is 330 g/mol. The second-order valence-corrected chi connectivity index (χ2v) is 8.74. The Bertz CT molecular complexity index is 341. The van der Waals surface area contributed by atoms with Gasteiger partial charge in [-0.2, -0.15) is 0 Å². The van der Waals surface area contributed by atoms with E-state index in [1.165, 1.54) is 44.9 Å². The highest BCUT2D eigenvalue weighted by Crippen LogP contribution is 2.18. The third-order valence-corrected chi connectivity index (χ3v) is 4.94. The van der Waals surface area contributed by atoms with E-state index in [2.05, 4.69) is 0 Å². The molecular formula is C21H44NO4+. The van der Waals surface area contributed by atoms with Crippen molar-refractivity contribution in [3.8, 4) is 0 Å². The van der Waals surface area contributed by atoms with Gasteiger partial charge in [0.15, 0.2) is 0 Å². The lowest BCUT2D eigenvalue weighted by atomic mass is 9.94. The molecule has 0 aliphatic heterocycles. The highest BCUT2D eigenvalue weighted by molar-refractivity contribution is 5.70. The van der Waals surface area contributed by atoms with Crippen LogP contribution in [-0.2, 0) is 4.79 Å². The molecule has 2 unspecified atom stereocenters. The van der Waals surface area contributed by atoms with Gasteiger partial charge in [0.1, 0.15) is 12.6 Å². The highest BCUT2D eigenvalue weighted by Gasteiger charge is 2.30. The molecule has 0 saturated carbocycles. The zero-order chi connectivity index (χ0) is 19.8. The molecule has 5 heteroatoms. The van der Waals surface area contributed by atoms with Crippen LogP contribution in [0.25, 0.3) is 0 Å². The van der Waals surface area contributed by atoms with Crippen LogP contribution in [0.3, 0.4) is 0 Å². The fourth-order valence-corrected chi connectivity index (χ4v) is 3.41.